The average Bonchev–Trinajstić information content (AvgIpc) is 2.28. The van der Waals surface area contributed by atoms with E-state index in [-0.39, 0.29) is 21.7 Å². The van der Waals surface area contributed by atoms with Crippen LogP contribution in [0.15, 0.2) is 218 Å². The molecule has 0 unspecified atom stereocenters. The molecule has 84 heavy (non-hydrogen) atoms. The Hall–Kier alpha value is -8.46. The highest BCUT2D eigenvalue weighted by molar-refractivity contribution is 6.11. The van der Waals surface area contributed by atoms with Gasteiger partial charge in [-0.25, -0.2) is 0 Å². The molecule has 0 radical (unpaired) electrons. The molecule has 414 valence electrons. The van der Waals surface area contributed by atoms with E-state index in [0.717, 1.165) is 62.7 Å². The Morgan fingerprint density at radius 2 is 0.417 bits per heavy atom. The Balaban J connectivity index is 0.945. The third kappa shape index (κ3) is 7.03. The molecule has 0 aromatic heterocycles. The molecular weight excluding hydrogens is 1010 g/mol. The summed E-state index contributed by atoms with van der Waals surface area (Å²) >= 11 is 0. The first-order valence-electron chi connectivity index (χ1n) is 31.7. The van der Waals surface area contributed by atoms with Crippen molar-refractivity contribution in [2.45, 2.75) is 128 Å². The number of hydrogen-bond donors (Lipinski definition) is 0. The Morgan fingerprint density at radius 3 is 0.667 bits per heavy atom. The van der Waals surface area contributed by atoms with E-state index < -0.39 is 0 Å². The van der Waals surface area contributed by atoms with Gasteiger partial charge < -0.3 is 9.80 Å². The Kier molecular flexibility index (Phi) is 12.2. The average molecular weight is 1090 g/mol. The summed E-state index contributed by atoms with van der Waals surface area (Å²) in [4.78, 5) is 5.17. The van der Waals surface area contributed by atoms with Crippen molar-refractivity contribution in [3.8, 4) is 44.5 Å². The van der Waals surface area contributed by atoms with Gasteiger partial charge in [0.1, 0.15) is 0 Å². The fourth-order valence-electron chi connectivity index (χ4n) is 17.6. The third-order valence-corrected chi connectivity index (χ3v) is 22.2. The maximum Gasteiger partial charge on any atom is 0.0468 e. The van der Waals surface area contributed by atoms with Gasteiger partial charge in [-0.3, -0.25) is 0 Å². The standard InChI is InChI=1S/C82H76N2/c1-9-79(10-2)71-29-21-17-25-61(71)65-43-39-57(49-75(65)79)83(58-40-44-66-62-26-18-22-30-72(62)80(11-3,12-4)76(66)50-58)55-37-35-53-33-34-54-36-38-56(48-70(54)69(53)47-55)84(59-41-45-67-63-27-19-23-31-73(63)81(13-5,14-6)77(67)51-59)60-42-46-68-64-28-20-24-32-74(64)82(15-7,16-8)78(68)52-60/h17-52H,9-16H2,1-8H3. The van der Waals surface area contributed by atoms with Gasteiger partial charge in [-0.1, -0.05) is 201 Å². The maximum atomic E-state index is 2.58. The van der Waals surface area contributed by atoms with Crippen molar-refractivity contribution < 1.29 is 0 Å². The molecule has 0 N–H and O–H groups in total. The highest BCUT2D eigenvalue weighted by atomic mass is 15.1. The quantitative estimate of drug-likeness (QED) is 0.100. The second kappa shape index (κ2) is 19.6. The summed E-state index contributed by atoms with van der Waals surface area (Å²) in [5, 5.41) is 4.94. The van der Waals surface area contributed by atoms with Gasteiger partial charge in [-0.15, -0.1) is 0 Å². The van der Waals surface area contributed by atoms with Crippen molar-refractivity contribution in [2.75, 3.05) is 9.80 Å². The summed E-state index contributed by atoms with van der Waals surface area (Å²) in [6.07, 6.45) is 8.33. The van der Waals surface area contributed by atoms with E-state index in [2.05, 4.69) is 284 Å². The van der Waals surface area contributed by atoms with E-state index in [0.29, 0.717) is 0 Å². The van der Waals surface area contributed by atoms with Crippen LogP contribution in [0.3, 0.4) is 0 Å². The molecule has 2 nitrogen and oxygen atoms in total. The molecule has 15 rings (SSSR count). The zero-order valence-corrected chi connectivity index (χ0v) is 50.3. The van der Waals surface area contributed by atoms with Gasteiger partial charge in [0.25, 0.3) is 0 Å². The Morgan fingerprint density at radius 1 is 0.214 bits per heavy atom. The van der Waals surface area contributed by atoms with Gasteiger partial charge in [0.15, 0.2) is 0 Å². The number of benzene rings is 11. The van der Waals surface area contributed by atoms with Crippen molar-refractivity contribution >= 4 is 55.7 Å². The minimum Gasteiger partial charge on any atom is -0.310 e. The number of rotatable bonds is 14. The van der Waals surface area contributed by atoms with E-state index in [9.17, 15) is 0 Å². The number of nitrogens with zero attached hydrogens (tertiary/aromatic N) is 2. The summed E-state index contributed by atoms with van der Waals surface area (Å²) in [6, 6.07) is 85.4. The first-order valence-corrected chi connectivity index (χ1v) is 31.7. The van der Waals surface area contributed by atoms with Gasteiger partial charge >= 0.3 is 0 Å². The largest absolute Gasteiger partial charge is 0.310 e. The van der Waals surface area contributed by atoms with Gasteiger partial charge in [0.05, 0.1) is 0 Å². The first-order chi connectivity index (χ1) is 41.2. The lowest BCUT2D eigenvalue weighted by atomic mass is 9.73. The van der Waals surface area contributed by atoms with Crippen LogP contribution >= 0.6 is 0 Å². The zero-order valence-electron chi connectivity index (χ0n) is 50.3. The fraction of sp³-hybridized carbons (Fsp3) is 0.244. The molecule has 0 bridgehead atoms. The van der Waals surface area contributed by atoms with Crippen molar-refractivity contribution in [1.29, 1.82) is 0 Å². The molecule has 0 fully saturated rings. The number of hydrogen-bond acceptors (Lipinski definition) is 2. The molecule has 4 aliphatic rings. The Labute approximate surface area is 498 Å². The molecule has 2 heteroatoms. The second-order valence-electron chi connectivity index (χ2n) is 24.8. The van der Waals surface area contributed by atoms with Crippen molar-refractivity contribution in [1.82, 2.24) is 0 Å². The van der Waals surface area contributed by atoms with Crippen molar-refractivity contribution in [2.24, 2.45) is 0 Å². The van der Waals surface area contributed by atoms with E-state index in [1.54, 1.807) is 0 Å². The van der Waals surface area contributed by atoms with Gasteiger partial charge in [-0.2, -0.15) is 0 Å². The predicted octanol–water partition coefficient (Wildman–Crippen LogP) is 23.3. The van der Waals surface area contributed by atoms with E-state index in [4.69, 9.17) is 0 Å². The minimum absolute atomic E-state index is 0.0661. The molecule has 11 aromatic rings. The van der Waals surface area contributed by atoms with E-state index >= 15 is 0 Å². The summed E-state index contributed by atoms with van der Waals surface area (Å²) < 4.78 is 0. The molecule has 0 spiro atoms. The molecule has 0 heterocycles. The maximum absolute atomic E-state index is 2.58. The van der Waals surface area contributed by atoms with Crippen LogP contribution in [0.4, 0.5) is 34.1 Å². The first kappa shape index (κ1) is 52.4. The lowest BCUT2D eigenvalue weighted by molar-refractivity contribution is 0.490. The monoisotopic (exact) mass is 1090 g/mol. The van der Waals surface area contributed by atoms with Gasteiger partial charge in [-0.05, 0) is 235 Å². The fourth-order valence-corrected chi connectivity index (χ4v) is 17.6. The third-order valence-electron chi connectivity index (χ3n) is 22.2. The minimum atomic E-state index is -0.0661. The molecule has 0 aliphatic heterocycles. The summed E-state index contributed by atoms with van der Waals surface area (Å²) in [5.41, 5.74) is 29.4. The van der Waals surface area contributed by atoms with Gasteiger partial charge in [0, 0.05) is 55.8 Å². The smallest absolute Gasteiger partial charge is 0.0468 e. The zero-order chi connectivity index (χ0) is 57.3. The second-order valence-corrected chi connectivity index (χ2v) is 24.8. The normalized spacial score (nSPS) is 15.4. The number of fused-ring (bicyclic) bond motifs is 15. The van der Waals surface area contributed by atoms with Crippen LogP contribution in [0, 0.1) is 0 Å². The molecule has 0 amide bonds. The highest BCUT2D eigenvalue weighted by Crippen LogP contribution is 2.59. The number of anilines is 6. The topological polar surface area (TPSA) is 6.48 Å². The van der Waals surface area contributed by atoms with Crippen LogP contribution in [0.1, 0.15) is 151 Å². The molecule has 11 aromatic carbocycles. The van der Waals surface area contributed by atoms with Crippen molar-refractivity contribution in [3.63, 3.8) is 0 Å². The van der Waals surface area contributed by atoms with Crippen LogP contribution < -0.4 is 9.80 Å². The van der Waals surface area contributed by atoms with Crippen LogP contribution in [0.5, 0.6) is 0 Å². The predicted molar refractivity (Wildman–Crippen MR) is 358 cm³/mol. The van der Waals surface area contributed by atoms with Crippen LogP contribution in [0.25, 0.3) is 66.1 Å². The molecule has 0 saturated heterocycles. The lowest BCUT2D eigenvalue weighted by Crippen LogP contribution is -2.24. The SMILES string of the molecule is CCC1(CC)c2ccccc2-c2ccc(N(c3ccc4c(c3)C(CC)(CC)c3ccccc3-4)c3ccc4ccc5ccc(N(c6ccc7c(c6)C(CC)(CC)c6ccccc6-7)c6ccc7c(c6)C(CC)(CC)c6ccccc6-7)cc5c4c3)cc21. The van der Waals surface area contributed by atoms with Crippen LogP contribution in [-0.4, -0.2) is 0 Å². The van der Waals surface area contributed by atoms with Crippen LogP contribution in [0.2, 0.25) is 0 Å². The summed E-state index contributed by atoms with van der Waals surface area (Å²) in [5.74, 6) is 0. The molecular formula is C82H76N2. The Bertz CT molecular complexity index is 3950. The van der Waals surface area contributed by atoms with Gasteiger partial charge in [0.2, 0.25) is 0 Å². The molecule has 4 aliphatic carbocycles. The summed E-state index contributed by atoms with van der Waals surface area (Å²) in [6.45, 7) is 19.1. The molecule has 0 saturated carbocycles. The summed E-state index contributed by atoms with van der Waals surface area (Å²) in [7, 11) is 0. The lowest BCUT2D eigenvalue weighted by Gasteiger charge is -2.33. The van der Waals surface area contributed by atoms with Crippen molar-refractivity contribution in [3.05, 3.63) is 263 Å². The van der Waals surface area contributed by atoms with E-state index in [1.807, 2.05) is 0 Å². The van der Waals surface area contributed by atoms with E-state index in [1.165, 1.54) is 133 Å². The molecule has 0 atom stereocenters. The highest BCUT2D eigenvalue weighted by Gasteiger charge is 2.45. The van der Waals surface area contributed by atoms with Crippen LogP contribution in [-0.2, 0) is 21.7 Å².